The zero-order valence-corrected chi connectivity index (χ0v) is 21.4. The topological polar surface area (TPSA) is 92.3 Å². The highest BCUT2D eigenvalue weighted by molar-refractivity contribution is 8.76. The second-order valence-corrected chi connectivity index (χ2v) is 13.7. The Morgan fingerprint density at radius 3 is 1.32 bits per heavy atom. The van der Waals surface area contributed by atoms with E-state index < -0.39 is 20.0 Å². The van der Waals surface area contributed by atoms with Crippen molar-refractivity contribution in [2.75, 3.05) is 24.6 Å². The summed E-state index contributed by atoms with van der Waals surface area (Å²) in [5.74, 6) is 1.13. The van der Waals surface area contributed by atoms with Crippen molar-refractivity contribution in [2.45, 2.75) is 9.79 Å². The first-order chi connectivity index (χ1) is 16.4. The molecule has 0 aliphatic heterocycles. The molecule has 2 N–H and O–H groups in total. The summed E-state index contributed by atoms with van der Waals surface area (Å²) in [4.78, 5) is 0.485. The molecule has 0 saturated carbocycles. The first-order valence-corrected chi connectivity index (χ1v) is 16.0. The molecule has 4 aromatic carbocycles. The molecule has 178 valence electrons. The number of benzene rings is 4. The van der Waals surface area contributed by atoms with Gasteiger partial charge in [-0.3, -0.25) is 0 Å². The van der Waals surface area contributed by atoms with Gasteiger partial charge in [0.05, 0.1) is 9.79 Å². The zero-order valence-electron chi connectivity index (χ0n) is 18.2. The van der Waals surface area contributed by atoms with Crippen LogP contribution in [0.2, 0.25) is 0 Å². The van der Waals surface area contributed by atoms with Crippen LogP contribution in [0.3, 0.4) is 0 Å². The summed E-state index contributed by atoms with van der Waals surface area (Å²) in [5.41, 5.74) is 0. The van der Waals surface area contributed by atoms with Gasteiger partial charge in [-0.25, -0.2) is 26.3 Å². The van der Waals surface area contributed by atoms with E-state index in [4.69, 9.17) is 0 Å². The average molecular weight is 533 g/mol. The minimum absolute atomic E-state index is 0.243. The fourth-order valence-corrected chi connectivity index (χ4v) is 7.59. The third kappa shape index (κ3) is 6.32. The van der Waals surface area contributed by atoms with Crippen LogP contribution >= 0.6 is 21.6 Å². The Kier molecular flexibility index (Phi) is 8.18. The summed E-state index contributed by atoms with van der Waals surface area (Å²) < 4.78 is 55.4. The summed E-state index contributed by atoms with van der Waals surface area (Å²) in [7, 11) is -4.17. The highest BCUT2D eigenvalue weighted by atomic mass is 33.1. The second-order valence-electron chi connectivity index (χ2n) is 7.46. The Morgan fingerprint density at radius 2 is 0.912 bits per heavy atom. The maximum Gasteiger partial charge on any atom is 0.240 e. The van der Waals surface area contributed by atoms with E-state index in [-0.39, 0.29) is 22.9 Å². The summed E-state index contributed by atoms with van der Waals surface area (Å²) >= 11 is 0. The monoisotopic (exact) mass is 532 g/mol. The van der Waals surface area contributed by atoms with Crippen molar-refractivity contribution < 1.29 is 16.8 Å². The lowest BCUT2D eigenvalue weighted by Gasteiger charge is -2.09. The molecule has 0 amide bonds. The van der Waals surface area contributed by atoms with E-state index in [9.17, 15) is 16.8 Å². The molecule has 0 spiro atoms. The molecule has 0 saturated heterocycles. The van der Waals surface area contributed by atoms with Gasteiger partial charge in [-0.1, -0.05) is 82.3 Å². The van der Waals surface area contributed by atoms with E-state index in [0.717, 1.165) is 21.5 Å². The van der Waals surface area contributed by atoms with Gasteiger partial charge in [0.1, 0.15) is 0 Å². The second kappa shape index (κ2) is 11.1. The van der Waals surface area contributed by atoms with Crippen molar-refractivity contribution in [3.63, 3.8) is 0 Å². The number of hydrogen-bond acceptors (Lipinski definition) is 6. The van der Waals surface area contributed by atoms with Crippen molar-refractivity contribution in [1.29, 1.82) is 0 Å². The van der Waals surface area contributed by atoms with Gasteiger partial charge in [-0.15, -0.1) is 0 Å². The number of fused-ring (bicyclic) bond motifs is 2. The maximum atomic E-state index is 12.5. The Labute approximate surface area is 208 Å². The van der Waals surface area contributed by atoms with Gasteiger partial charge in [-0.05, 0) is 45.8 Å². The molecular weight excluding hydrogens is 509 g/mol. The van der Waals surface area contributed by atoms with E-state index in [0.29, 0.717) is 11.5 Å². The molecule has 0 heterocycles. The van der Waals surface area contributed by atoms with Gasteiger partial charge in [0.15, 0.2) is 0 Å². The molecule has 10 heteroatoms. The van der Waals surface area contributed by atoms with E-state index in [1.54, 1.807) is 36.4 Å². The fraction of sp³-hybridized carbons (Fsp3) is 0.167. The number of nitrogens with one attached hydrogen (secondary N) is 2. The normalized spacial score (nSPS) is 12.4. The molecule has 0 aliphatic carbocycles. The fourth-order valence-electron chi connectivity index (χ4n) is 3.39. The lowest BCUT2D eigenvalue weighted by atomic mass is 10.1. The van der Waals surface area contributed by atoms with Crippen LogP contribution in [0.5, 0.6) is 0 Å². The SMILES string of the molecule is O=S(=O)(NCCSSCCNS(=O)(=O)c1ccc2ccccc2c1)c1ccc2ccccc2c1. The van der Waals surface area contributed by atoms with Crippen LogP contribution in [0.15, 0.2) is 94.7 Å². The van der Waals surface area contributed by atoms with Crippen LogP contribution in [0.4, 0.5) is 0 Å². The Bertz CT molecular complexity index is 1390. The molecule has 0 radical (unpaired) electrons. The number of rotatable bonds is 11. The first kappa shape index (κ1) is 25.0. The predicted octanol–water partition coefficient (Wildman–Crippen LogP) is 4.63. The highest BCUT2D eigenvalue weighted by Crippen LogP contribution is 2.22. The molecule has 0 unspecified atom stereocenters. The highest BCUT2D eigenvalue weighted by Gasteiger charge is 2.15. The minimum Gasteiger partial charge on any atom is -0.210 e. The van der Waals surface area contributed by atoms with Crippen molar-refractivity contribution in [3.05, 3.63) is 84.9 Å². The van der Waals surface area contributed by atoms with Crippen LogP contribution in [-0.2, 0) is 20.0 Å². The van der Waals surface area contributed by atoms with Crippen LogP contribution in [0, 0.1) is 0 Å². The van der Waals surface area contributed by atoms with Gasteiger partial charge >= 0.3 is 0 Å². The molecular formula is C24H24N2O4S4. The predicted molar refractivity (Wildman–Crippen MR) is 143 cm³/mol. The largest absolute Gasteiger partial charge is 0.240 e. The van der Waals surface area contributed by atoms with Crippen molar-refractivity contribution in [2.24, 2.45) is 0 Å². The number of hydrogen-bond donors (Lipinski definition) is 2. The molecule has 0 fully saturated rings. The van der Waals surface area contributed by atoms with Gasteiger partial charge in [0.25, 0.3) is 0 Å². The van der Waals surface area contributed by atoms with E-state index >= 15 is 0 Å². The van der Waals surface area contributed by atoms with E-state index in [1.807, 2.05) is 48.5 Å². The lowest BCUT2D eigenvalue weighted by Crippen LogP contribution is -2.26. The summed E-state index contributed by atoms with van der Waals surface area (Å²) in [6.45, 7) is 0.575. The van der Waals surface area contributed by atoms with Crippen LogP contribution in [0.1, 0.15) is 0 Å². The van der Waals surface area contributed by atoms with Gasteiger partial charge in [0.2, 0.25) is 20.0 Å². The van der Waals surface area contributed by atoms with E-state index in [2.05, 4.69) is 9.44 Å². The molecule has 0 bridgehead atoms. The molecule has 0 atom stereocenters. The third-order valence-corrected chi connectivity index (χ3v) is 10.4. The molecule has 4 aromatic rings. The first-order valence-electron chi connectivity index (χ1n) is 10.6. The number of sulfonamides is 2. The molecule has 0 aromatic heterocycles. The minimum atomic E-state index is -3.58. The lowest BCUT2D eigenvalue weighted by molar-refractivity contribution is 0.582. The molecule has 4 rings (SSSR count). The zero-order chi connectivity index (χ0) is 24.0. The van der Waals surface area contributed by atoms with Crippen LogP contribution < -0.4 is 9.44 Å². The quantitative estimate of drug-likeness (QED) is 0.216. The van der Waals surface area contributed by atoms with E-state index in [1.165, 1.54) is 21.6 Å². The molecule has 0 aliphatic rings. The molecule has 6 nitrogen and oxygen atoms in total. The third-order valence-electron chi connectivity index (χ3n) is 5.10. The smallest absolute Gasteiger partial charge is 0.210 e. The standard InChI is InChI=1S/C24H24N2O4S4/c27-33(28,23-11-9-19-5-1-3-7-21(19)17-23)25-13-15-31-32-16-14-26-34(29,30)24-12-10-20-6-2-4-8-22(20)18-24/h1-12,17-18,25-26H,13-16H2. The Balaban J connectivity index is 1.18. The van der Waals surface area contributed by atoms with Crippen molar-refractivity contribution in [1.82, 2.24) is 9.44 Å². The summed E-state index contributed by atoms with van der Waals surface area (Å²) in [6.07, 6.45) is 0. The molecule has 34 heavy (non-hydrogen) atoms. The maximum absolute atomic E-state index is 12.5. The van der Waals surface area contributed by atoms with Gasteiger partial charge in [-0.2, -0.15) is 0 Å². The van der Waals surface area contributed by atoms with Gasteiger partial charge < -0.3 is 0 Å². The van der Waals surface area contributed by atoms with Gasteiger partial charge in [0, 0.05) is 24.6 Å². The summed E-state index contributed by atoms with van der Waals surface area (Å²) in [5, 5.41) is 3.73. The van der Waals surface area contributed by atoms with Crippen LogP contribution in [-0.4, -0.2) is 41.4 Å². The van der Waals surface area contributed by atoms with Crippen LogP contribution in [0.25, 0.3) is 21.5 Å². The Hall–Kier alpha value is -2.08. The van der Waals surface area contributed by atoms with Crippen molar-refractivity contribution in [3.8, 4) is 0 Å². The summed E-state index contributed by atoms with van der Waals surface area (Å²) in [6, 6.07) is 25.4. The Morgan fingerprint density at radius 1 is 0.529 bits per heavy atom. The average Bonchev–Trinajstić information content (AvgIpc) is 2.85. The van der Waals surface area contributed by atoms with Crippen molar-refractivity contribution >= 4 is 63.2 Å².